The molecule has 0 unspecified atom stereocenters. The summed E-state index contributed by atoms with van der Waals surface area (Å²) >= 11 is 0. The van der Waals surface area contributed by atoms with E-state index in [9.17, 15) is 18.0 Å². The molecule has 2 aliphatic heterocycles. The van der Waals surface area contributed by atoms with Gasteiger partial charge >= 0.3 is 6.18 Å². The Kier molecular flexibility index (Phi) is 5.61. The summed E-state index contributed by atoms with van der Waals surface area (Å²) in [5.41, 5.74) is 0.742. The molecule has 0 saturated carbocycles. The minimum Gasteiger partial charge on any atom is -0.486 e. The van der Waals surface area contributed by atoms with Crippen LogP contribution in [0.2, 0.25) is 0 Å². The third-order valence-electron chi connectivity index (χ3n) is 5.04. The molecule has 6 nitrogen and oxygen atoms in total. The van der Waals surface area contributed by atoms with Crippen molar-refractivity contribution in [3.63, 3.8) is 0 Å². The summed E-state index contributed by atoms with van der Waals surface area (Å²) in [7, 11) is 0. The molecule has 2 aromatic rings. The zero-order valence-corrected chi connectivity index (χ0v) is 16.2. The van der Waals surface area contributed by atoms with Gasteiger partial charge in [-0.05, 0) is 43.2 Å². The van der Waals surface area contributed by atoms with E-state index in [4.69, 9.17) is 9.47 Å². The molecule has 160 valence electrons. The lowest BCUT2D eigenvalue weighted by Gasteiger charge is -2.23. The number of anilines is 3. The van der Waals surface area contributed by atoms with Crippen LogP contribution in [0.5, 0.6) is 11.5 Å². The summed E-state index contributed by atoms with van der Waals surface area (Å²) in [6.07, 6.45) is -2.47. The van der Waals surface area contributed by atoms with Gasteiger partial charge in [-0.1, -0.05) is 0 Å². The monoisotopic (exact) mass is 421 g/mol. The van der Waals surface area contributed by atoms with E-state index in [1.54, 1.807) is 18.2 Å². The maximum Gasteiger partial charge on any atom is 0.416 e. The van der Waals surface area contributed by atoms with Crippen molar-refractivity contribution in [1.29, 1.82) is 0 Å². The average molecular weight is 421 g/mol. The molecule has 9 heteroatoms. The van der Waals surface area contributed by atoms with Crippen LogP contribution < -0.4 is 25.0 Å². The summed E-state index contributed by atoms with van der Waals surface area (Å²) in [6.45, 7) is 2.29. The van der Waals surface area contributed by atoms with Crippen LogP contribution in [-0.2, 0) is 11.0 Å². The van der Waals surface area contributed by atoms with Crippen molar-refractivity contribution >= 4 is 23.0 Å². The fraction of sp³-hybridized carbons (Fsp3) is 0.381. The summed E-state index contributed by atoms with van der Waals surface area (Å²) in [5, 5.41) is 5.60. The Bertz CT molecular complexity index is 927. The van der Waals surface area contributed by atoms with Gasteiger partial charge in [0.15, 0.2) is 11.5 Å². The van der Waals surface area contributed by atoms with Gasteiger partial charge in [-0.25, -0.2) is 0 Å². The minimum atomic E-state index is -4.45. The molecule has 0 aliphatic carbocycles. The van der Waals surface area contributed by atoms with Crippen molar-refractivity contribution in [1.82, 2.24) is 0 Å². The van der Waals surface area contributed by atoms with Crippen LogP contribution in [0.1, 0.15) is 18.4 Å². The lowest BCUT2D eigenvalue weighted by atomic mass is 10.1. The highest BCUT2D eigenvalue weighted by Gasteiger charge is 2.31. The van der Waals surface area contributed by atoms with E-state index in [1.807, 2.05) is 4.90 Å². The van der Waals surface area contributed by atoms with Gasteiger partial charge in [0.1, 0.15) is 13.2 Å². The van der Waals surface area contributed by atoms with Gasteiger partial charge < -0.3 is 25.0 Å². The Morgan fingerprint density at radius 3 is 2.47 bits per heavy atom. The number of hydrogen-bond acceptors (Lipinski definition) is 5. The number of ether oxygens (including phenoxy) is 2. The molecule has 0 spiro atoms. The second-order valence-electron chi connectivity index (χ2n) is 7.18. The fourth-order valence-corrected chi connectivity index (χ4v) is 3.59. The van der Waals surface area contributed by atoms with Gasteiger partial charge in [-0.3, -0.25) is 4.79 Å². The third kappa shape index (κ3) is 4.55. The predicted molar refractivity (Wildman–Crippen MR) is 107 cm³/mol. The summed E-state index contributed by atoms with van der Waals surface area (Å²) < 4.78 is 50.4. The van der Waals surface area contributed by atoms with E-state index in [2.05, 4.69) is 10.6 Å². The molecule has 2 aliphatic rings. The highest BCUT2D eigenvalue weighted by atomic mass is 19.4. The SMILES string of the molecule is O=C(CNc1cc(C(F)(F)F)ccc1N1CCCC1)Nc1ccc2c(c1)OCCO2. The summed E-state index contributed by atoms with van der Waals surface area (Å²) in [5.74, 6) is 0.772. The van der Waals surface area contributed by atoms with Crippen LogP contribution in [0.15, 0.2) is 36.4 Å². The molecular weight excluding hydrogens is 399 g/mol. The van der Waals surface area contributed by atoms with Crippen molar-refractivity contribution in [3.05, 3.63) is 42.0 Å². The molecule has 30 heavy (non-hydrogen) atoms. The van der Waals surface area contributed by atoms with Gasteiger partial charge in [0.05, 0.1) is 23.5 Å². The van der Waals surface area contributed by atoms with E-state index in [1.165, 1.54) is 6.07 Å². The van der Waals surface area contributed by atoms with E-state index in [0.29, 0.717) is 41.8 Å². The molecule has 0 aromatic heterocycles. The topological polar surface area (TPSA) is 62.8 Å². The Labute approximate surface area is 172 Å². The van der Waals surface area contributed by atoms with Gasteiger partial charge in [0, 0.05) is 24.8 Å². The minimum absolute atomic E-state index is 0.170. The first-order valence-corrected chi connectivity index (χ1v) is 9.80. The zero-order chi connectivity index (χ0) is 21.1. The van der Waals surface area contributed by atoms with Crippen LogP contribution in [0, 0.1) is 0 Å². The average Bonchev–Trinajstić information content (AvgIpc) is 3.26. The number of fused-ring (bicyclic) bond motifs is 1. The second kappa shape index (κ2) is 8.33. The Hall–Kier alpha value is -3.10. The van der Waals surface area contributed by atoms with Gasteiger partial charge in [-0.2, -0.15) is 13.2 Å². The lowest BCUT2D eigenvalue weighted by Crippen LogP contribution is -2.25. The van der Waals surface area contributed by atoms with Crippen molar-refractivity contribution in [2.45, 2.75) is 19.0 Å². The van der Waals surface area contributed by atoms with Crippen molar-refractivity contribution in [2.24, 2.45) is 0 Å². The number of halogens is 3. The number of benzene rings is 2. The van der Waals surface area contributed by atoms with Crippen molar-refractivity contribution in [2.75, 3.05) is 48.4 Å². The Balaban J connectivity index is 1.46. The van der Waals surface area contributed by atoms with Crippen LogP contribution in [0.3, 0.4) is 0 Å². The number of rotatable bonds is 5. The Morgan fingerprint density at radius 1 is 1.00 bits per heavy atom. The normalized spacial score (nSPS) is 15.8. The highest BCUT2D eigenvalue weighted by molar-refractivity contribution is 5.94. The second-order valence-corrected chi connectivity index (χ2v) is 7.18. The largest absolute Gasteiger partial charge is 0.486 e. The maximum absolute atomic E-state index is 13.2. The first kappa shape index (κ1) is 20.2. The number of nitrogens with one attached hydrogen (secondary N) is 2. The number of amides is 1. The van der Waals surface area contributed by atoms with Gasteiger partial charge in [0.2, 0.25) is 5.91 Å². The van der Waals surface area contributed by atoms with Gasteiger partial charge in [-0.15, -0.1) is 0 Å². The number of alkyl halides is 3. The first-order chi connectivity index (χ1) is 14.4. The number of nitrogens with zero attached hydrogens (tertiary/aromatic N) is 1. The van der Waals surface area contributed by atoms with E-state index in [-0.39, 0.29) is 12.5 Å². The van der Waals surface area contributed by atoms with Crippen molar-refractivity contribution < 1.29 is 27.4 Å². The van der Waals surface area contributed by atoms with Crippen LogP contribution in [0.4, 0.5) is 30.2 Å². The number of carbonyl (C=O) groups excluding carboxylic acids is 1. The van der Waals surface area contributed by atoms with Crippen LogP contribution >= 0.6 is 0 Å². The molecule has 2 N–H and O–H groups in total. The lowest BCUT2D eigenvalue weighted by molar-refractivity contribution is -0.137. The number of hydrogen-bond donors (Lipinski definition) is 2. The molecule has 0 bridgehead atoms. The Morgan fingerprint density at radius 2 is 1.73 bits per heavy atom. The standard InChI is InChI=1S/C21H22F3N3O3/c22-21(23,24)14-3-5-17(27-7-1-2-8-27)16(11-14)25-13-20(28)26-15-4-6-18-19(12-15)30-10-9-29-18/h3-6,11-12,25H,1-2,7-10,13H2,(H,26,28). The van der Waals surface area contributed by atoms with E-state index in [0.717, 1.165) is 38.1 Å². The maximum atomic E-state index is 13.2. The molecule has 0 radical (unpaired) electrons. The molecule has 2 aromatic carbocycles. The van der Waals surface area contributed by atoms with Crippen molar-refractivity contribution in [3.8, 4) is 11.5 Å². The molecule has 1 saturated heterocycles. The van der Waals surface area contributed by atoms with E-state index < -0.39 is 11.7 Å². The highest BCUT2D eigenvalue weighted by Crippen LogP contribution is 2.36. The van der Waals surface area contributed by atoms with Crippen LogP contribution in [-0.4, -0.2) is 38.8 Å². The van der Waals surface area contributed by atoms with Crippen LogP contribution in [0.25, 0.3) is 0 Å². The number of carbonyl (C=O) groups is 1. The third-order valence-corrected chi connectivity index (χ3v) is 5.04. The predicted octanol–water partition coefficient (Wildman–Crippen LogP) is 4.13. The summed E-state index contributed by atoms with van der Waals surface area (Å²) in [6, 6.07) is 8.65. The molecule has 1 fully saturated rings. The first-order valence-electron chi connectivity index (χ1n) is 9.80. The van der Waals surface area contributed by atoms with E-state index >= 15 is 0 Å². The van der Waals surface area contributed by atoms with Gasteiger partial charge in [0.25, 0.3) is 0 Å². The quantitative estimate of drug-likeness (QED) is 0.760. The summed E-state index contributed by atoms with van der Waals surface area (Å²) in [4.78, 5) is 14.4. The molecule has 0 atom stereocenters. The zero-order valence-electron chi connectivity index (χ0n) is 16.2. The molecule has 4 rings (SSSR count). The fourth-order valence-electron chi connectivity index (χ4n) is 3.59. The molecular formula is C21H22F3N3O3. The molecule has 1 amide bonds. The smallest absolute Gasteiger partial charge is 0.416 e. The molecule has 2 heterocycles.